The fraction of sp³-hybridized carbons (Fsp3) is 0.667. The largest absolute Gasteiger partial charge is 0.375 e. The highest BCUT2D eigenvalue weighted by Gasteiger charge is 2.43. The normalized spacial score (nSPS) is 35.9. The number of rotatable bonds is 3. The van der Waals surface area contributed by atoms with Gasteiger partial charge >= 0.3 is 0 Å². The van der Waals surface area contributed by atoms with Crippen molar-refractivity contribution in [3.8, 4) is 0 Å². The molecular formula is C12H17NOS. The van der Waals surface area contributed by atoms with Gasteiger partial charge in [0.25, 0.3) is 0 Å². The second kappa shape index (κ2) is 3.89. The van der Waals surface area contributed by atoms with Gasteiger partial charge in [-0.15, -0.1) is 11.3 Å². The van der Waals surface area contributed by atoms with Crippen LogP contribution in [0.15, 0.2) is 17.5 Å². The molecule has 4 unspecified atom stereocenters. The third kappa shape index (κ3) is 1.84. The maximum absolute atomic E-state index is 6.28. The van der Waals surface area contributed by atoms with Crippen molar-refractivity contribution in [3.05, 3.63) is 22.4 Å². The summed E-state index contributed by atoms with van der Waals surface area (Å²) in [6, 6.07) is 4.57. The molecule has 3 rings (SSSR count). The standard InChI is InChI=1S/C12H17NOS/c13-11(7-9-2-1-5-15-9)10-6-8-3-4-12(10)14-8/h1-2,5,8,10-12H,3-4,6-7,13H2. The Hall–Kier alpha value is -0.380. The highest BCUT2D eigenvalue weighted by atomic mass is 32.1. The van der Waals surface area contributed by atoms with Gasteiger partial charge in [-0.2, -0.15) is 0 Å². The highest BCUT2D eigenvalue weighted by molar-refractivity contribution is 7.09. The van der Waals surface area contributed by atoms with Crippen molar-refractivity contribution < 1.29 is 4.74 Å². The van der Waals surface area contributed by atoms with Crippen molar-refractivity contribution in [1.82, 2.24) is 0 Å². The SMILES string of the molecule is NC(Cc1cccs1)C1CC2CCC1O2. The number of fused-ring (bicyclic) bond motifs is 2. The van der Waals surface area contributed by atoms with E-state index in [2.05, 4.69) is 17.5 Å². The summed E-state index contributed by atoms with van der Waals surface area (Å²) >= 11 is 1.81. The molecule has 1 aromatic rings. The van der Waals surface area contributed by atoms with Crippen LogP contribution in [0.3, 0.4) is 0 Å². The molecule has 3 heterocycles. The fourth-order valence-corrected chi connectivity index (χ4v) is 3.72. The molecule has 2 fully saturated rings. The summed E-state index contributed by atoms with van der Waals surface area (Å²) in [5.74, 6) is 0.603. The minimum atomic E-state index is 0.291. The van der Waals surface area contributed by atoms with Crippen LogP contribution in [-0.2, 0) is 11.2 Å². The lowest BCUT2D eigenvalue weighted by Gasteiger charge is -2.24. The van der Waals surface area contributed by atoms with E-state index < -0.39 is 0 Å². The Bertz CT molecular complexity index is 324. The Morgan fingerprint density at radius 3 is 3.07 bits per heavy atom. The van der Waals surface area contributed by atoms with Crippen molar-refractivity contribution in [2.24, 2.45) is 11.7 Å². The third-order valence-electron chi connectivity index (χ3n) is 3.72. The van der Waals surface area contributed by atoms with Crippen molar-refractivity contribution in [2.75, 3.05) is 0 Å². The average molecular weight is 223 g/mol. The molecule has 0 saturated carbocycles. The second-order valence-electron chi connectivity index (χ2n) is 4.72. The lowest BCUT2D eigenvalue weighted by atomic mass is 9.83. The van der Waals surface area contributed by atoms with E-state index in [4.69, 9.17) is 10.5 Å². The Morgan fingerprint density at radius 2 is 2.47 bits per heavy atom. The molecule has 3 heteroatoms. The zero-order valence-corrected chi connectivity index (χ0v) is 9.58. The Balaban J connectivity index is 1.63. The molecule has 4 atom stereocenters. The molecule has 2 saturated heterocycles. The summed E-state index contributed by atoms with van der Waals surface area (Å²) in [5.41, 5.74) is 6.28. The number of nitrogens with two attached hydrogens (primary N) is 1. The van der Waals surface area contributed by atoms with Gasteiger partial charge in [0.05, 0.1) is 12.2 Å². The van der Waals surface area contributed by atoms with Crippen LogP contribution >= 0.6 is 11.3 Å². The first-order valence-electron chi connectivity index (χ1n) is 5.76. The minimum absolute atomic E-state index is 0.291. The van der Waals surface area contributed by atoms with Gasteiger partial charge in [0.2, 0.25) is 0 Å². The Morgan fingerprint density at radius 1 is 1.53 bits per heavy atom. The molecule has 0 amide bonds. The summed E-state index contributed by atoms with van der Waals surface area (Å²) in [6.45, 7) is 0. The summed E-state index contributed by atoms with van der Waals surface area (Å²) in [7, 11) is 0. The van der Waals surface area contributed by atoms with Crippen LogP contribution in [0, 0.1) is 5.92 Å². The molecule has 1 aromatic heterocycles. The molecule has 0 aromatic carbocycles. The van der Waals surface area contributed by atoms with E-state index in [9.17, 15) is 0 Å². The van der Waals surface area contributed by atoms with Gasteiger partial charge in [0.1, 0.15) is 0 Å². The lowest BCUT2D eigenvalue weighted by Crippen LogP contribution is -2.37. The van der Waals surface area contributed by atoms with Gasteiger partial charge < -0.3 is 10.5 Å². The van der Waals surface area contributed by atoms with E-state index in [0.29, 0.717) is 24.2 Å². The zero-order chi connectivity index (χ0) is 10.3. The molecule has 2 aliphatic rings. The Kier molecular flexibility index (Phi) is 2.54. The van der Waals surface area contributed by atoms with Gasteiger partial charge in [-0.25, -0.2) is 0 Å². The quantitative estimate of drug-likeness (QED) is 0.852. The van der Waals surface area contributed by atoms with Gasteiger partial charge in [0.15, 0.2) is 0 Å². The average Bonchev–Trinajstić information content (AvgIpc) is 2.93. The van der Waals surface area contributed by atoms with E-state index in [1.807, 2.05) is 11.3 Å². The van der Waals surface area contributed by atoms with E-state index in [-0.39, 0.29) is 0 Å². The maximum atomic E-state index is 6.28. The third-order valence-corrected chi connectivity index (χ3v) is 4.62. The first-order chi connectivity index (χ1) is 7.33. The molecule has 15 heavy (non-hydrogen) atoms. The van der Waals surface area contributed by atoms with Gasteiger partial charge in [-0.1, -0.05) is 6.07 Å². The topological polar surface area (TPSA) is 35.2 Å². The molecule has 82 valence electrons. The molecular weight excluding hydrogens is 206 g/mol. The highest BCUT2D eigenvalue weighted by Crippen LogP contribution is 2.40. The van der Waals surface area contributed by atoms with E-state index in [0.717, 1.165) is 6.42 Å². The van der Waals surface area contributed by atoms with Crippen LogP contribution in [-0.4, -0.2) is 18.2 Å². The first kappa shape index (κ1) is 9.82. The van der Waals surface area contributed by atoms with E-state index in [1.54, 1.807) is 0 Å². The molecule has 0 spiro atoms. The predicted molar refractivity (Wildman–Crippen MR) is 62.0 cm³/mol. The van der Waals surface area contributed by atoms with Crippen LogP contribution in [0.1, 0.15) is 24.1 Å². The van der Waals surface area contributed by atoms with Crippen LogP contribution in [0.25, 0.3) is 0 Å². The van der Waals surface area contributed by atoms with Crippen molar-refractivity contribution in [2.45, 2.75) is 43.9 Å². The van der Waals surface area contributed by atoms with Crippen LogP contribution in [0.4, 0.5) is 0 Å². The number of thiophene rings is 1. The maximum Gasteiger partial charge on any atom is 0.0623 e. The van der Waals surface area contributed by atoms with Gasteiger partial charge in [-0.05, 0) is 37.1 Å². The molecule has 2 nitrogen and oxygen atoms in total. The summed E-state index contributed by atoms with van der Waals surface area (Å²) < 4.78 is 5.85. The number of ether oxygens (including phenoxy) is 1. The van der Waals surface area contributed by atoms with Gasteiger partial charge in [-0.3, -0.25) is 0 Å². The smallest absolute Gasteiger partial charge is 0.0623 e. The fourth-order valence-electron chi connectivity index (χ4n) is 2.94. The van der Waals surface area contributed by atoms with Gasteiger partial charge in [0, 0.05) is 16.8 Å². The van der Waals surface area contributed by atoms with Crippen LogP contribution in [0.5, 0.6) is 0 Å². The van der Waals surface area contributed by atoms with Crippen molar-refractivity contribution in [3.63, 3.8) is 0 Å². The van der Waals surface area contributed by atoms with Crippen molar-refractivity contribution >= 4 is 11.3 Å². The lowest BCUT2D eigenvalue weighted by molar-refractivity contribution is 0.0885. The first-order valence-corrected chi connectivity index (χ1v) is 6.64. The number of hydrogen-bond acceptors (Lipinski definition) is 3. The molecule has 0 radical (unpaired) electrons. The van der Waals surface area contributed by atoms with Crippen LogP contribution in [0.2, 0.25) is 0 Å². The molecule has 2 N–H and O–H groups in total. The van der Waals surface area contributed by atoms with E-state index >= 15 is 0 Å². The number of hydrogen-bond donors (Lipinski definition) is 1. The summed E-state index contributed by atoms with van der Waals surface area (Å²) in [6.07, 6.45) is 5.69. The van der Waals surface area contributed by atoms with Crippen LogP contribution < -0.4 is 5.73 Å². The predicted octanol–water partition coefficient (Wildman–Crippen LogP) is 2.19. The van der Waals surface area contributed by atoms with Crippen molar-refractivity contribution in [1.29, 1.82) is 0 Å². The minimum Gasteiger partial charge on any atom is -0.375 e. The zero-order valence-electron chi connectivity index (χ0n) is 8.76. The summed E-state index contributed by atoms with van der Waals surface area (Å²) in [4.78, 5) is 1.41. The molecule has 2 bridgehead atoms. The Labute approximate surface area is 94.4 Å². The monoisotopic (exact) mass is 223 g/mol. The molecule has 2 aliphatic heterocycles. The molecule has 0 aliphatic carbocycles. The van der Waals surface area contributed by atoms with E-state index in [1.165, 1.54) is 24.1 Å². The summed E-state index contributed by atoms with van der Waals surface area (Å²) in [5, 5.41) is 2.12. The second-order valence-corrected chi connectivity index (χ2v) is 5.75.